The topological polar surface area (TPSA) is 24.5 Å². The lowest BCUT2D eigenvalue weighted by Crippen LogP contribution is -2.43. The Balaban J connectivity index is 1.64. The molecule has 1 aliphatic heterocycles. The van der Waals surface area contributed by atoms with Crippen molar-refractivity contribution in [2.24, 2.45) is 0 Å². The molecule has 0 bridgehead atoms. The lowest BCUT2D eigenvalue weighted by Gasteiger charge is -2.34. The van der Waals surface area contributed by atoms with Crippen LogP contribution in [0.5, 0.6) is 5.75 Å². The van der Waals surface area contributed by atoms with Gasteiger partial charge in [0.25, 0.3) is 0 Å². The van der Waals surface area contributed by atoms with Crippen molar-refractivity contribution >= 4 is 0 Å². The monoisotopic (exact) mass is 274 g/mol. The zero-order valence-electron chi connectivity index (χ0n) is 12.7. The van der Waals surface area contributed by atoms with Crippen molar-refractivity contribution in [3.63, 3.8) is 0 Å². The van der Waals surface area contributed by atoms with Gasteiger partial charge in [0.1, 0.15) is 5.75 Å². The number of aryl methyl sites for hydroxylation is 1. The van der Waals surface area contributed by atoms with Gasteiger partial charge in [-0.15, -0.1) is 0 Å². The van der Waals surface area contributed by atoms with E-state index in [1.807, 2.05) is 0 Å². The highest BCUT2D eigenvalue weighted by Gasteiger charge is 2.25. The second-order valence-corrected chi connectivity index (χ2v) is 6.26. The van der Waals surface area contributed by atoms with Crippen LogP contribution in [0.4, 0.5) is 0 Å². The van der Waals surface area contributed by atoms with Crippen molar-refractivity contribution < 1.29 is 4.74 Å². The van der Waals surface area contributed by atoms with Crippen molar-refractivity contribution in [3.05, 3.63) is 29.3 Å². The smallest absolute Gasteiger partial charge is 0.119 e. The molecule has 0 amide bonds. The van der Waals surface area contributed by atoms with E-state index >= 15 is 0 Å². The summed E-state index contributed by atoms with van der Waals surface area (Å²) in [6.07, 6.45) is 6.31. The van der Waals surface area contributed by atoms with E-state index in [-0.39, 0.29) is 0 Å². The van der Waals surface area contributed by atoms with Crippen LogP contribution >= 0.6 is 0 Å². The predicted octanol–water partition coefficient (Wildman–Crippen LogP) is 2.24. The molecule has 1 heterocycles. The van der Waals surface area contributed by atoms with E-state index in [1.165, 1.54) is 49.9 Å². The van der Waals surface area contributed by atoms with Crippen LogP contribution < -0.4 is 10.1 Å². The minimum Gasteiger partial charge on any atom is -0.497 e. The van der Waals surface area contributed by atoms with Crippen molar-refractivity contribution in [1.82, 2.24) is 10.2 Å². The van der Waals surface area contributed by atoms with E-state index in [0.29, 0.717) is 12.1 Å². The second kappa shape index (κ2) is 6.15. The number of rotatable bonds is 4. The summed E-state index contributed by atoms with van der Waals surface area (Å²) in [5.74, 6) is 0.990. The van der Waals surface area contributed by atoms with Gasteiger partial charge in [-0.2, -0.15) is 0 Å². The zero-order valence-corrected chi connectivity index (χ0v) is 12.7. The SMILES string of the molecule is COc1ccc2c(c1)CC(N(C)CC1CCCN1)CC2. The molecule has 2 aliphatic rings. The summed E-state index contributed by atoms with van der Waals surface area (Å²) in [6, 6.07) is 7.93. The molecule has 0 spiro atoms. The van der Waals surface area contributed by atoms with E-state index in [2.05, 4.69) is 35.5 Å². The van der Waals surface area contributed by atoms with Crippen LogP contribution in [-0.2, 0) is 12.8 Å². The minimum atomic E-state index is 0.678. The van der Waals surface area contributed by atoms with Crippen LogP contribution in [0, 0.1) is 0 Å². The van der Waals surface area contributed by atoms with Crippen LogP contribution in [0.1, 0.15) is 30.4 Å². The highest BCUT2D eigenvalue weighted by Crippen LogP contribution is 2.27. The zero-order chi connectivity index (χ0) is 13.9. The predicted molar refractivity (Wildman–Crippen MR) is 82.5 cm³/mol. The van der Waals surface area contributed by atoms with Crippen molar-refractivity contribution in [2.45, 2.75) is 44.2 Å². The Kier molecular flexibility index (Phi) is 4.27. The Bertz CT molecular complexity index is 454. The number of likely N-dealkylation sites (N-methyl/N-ethyl adjacent to an activating group) is 1. The van der Waals surface area contributed by atoms with Gasteiger partial charge in [-0.05, 0) is 69.0 Å². The quantitative estimate of drug-likeness (QED) is 0.911. The number of nitrogens with zero attached hydrogens (tertiary/aromatic N) is 1. The molecular weight excluding hydrogens is 248 g/mol. The largest absolute Gasteiger partial charge is 0.497 e. The minimum absolute atomic E-state index is 0.678. The summed E-state index contributed by atoms with van der Waals surface area (Å²) in [7, 11) is 4.04. The fraction of sp³-hybridized carbons (Fsp3) is 0.647. The van der Waals surface area contributed by atoms with Crippen molar-refractivity contribution in [2.75, 3.05) is 27.2 Å². The number of hydrogen-bond donors (Lipinski definition) is 1. The molecule has 3 rings (SSSR count). The lowest BCUT2D eigenvalue weighted by atomic mass is 9.87. The van der Waals surface area contributed by atoms with Crippen LogP contribution in [0.2, 0.25) is 0 Å². The average molecular weight is 274 g/mol. The second-order valence-electron chi connectivity index (χ2n) is 6.26. The summed E-state index contributed by atoms with van der Waals surface area (Å²) in [6.45, 7) is 2.38. The van der Waals surface area contributed by atoms with Crippen LogP contribution in [0.15, 0.2) is 18.2 Å². The number of fused-ring (bicyclic) bond motifs is 1. The molecule has 110 valence electrons. The fourth-order valence-electron chi connectivity index (χ4n) is 3.63. The van der Waals surface area contributed by atoms with E-state index in [9.17, 15) is 0 Å². The number of ether oxygens (including phenoxy) is 1. The molecule has 2 unspecified atom stereocenters. The van der Waals surface area contributed by atoms with Gasteiger partial charge >= 0.3 is 0 Å². The standard InChI is InChI=1S/C17H26N2O/c1-19(12-15-4-3-9-18-15)16-7-5-13-6-8-17(20-2)11-14(13)10-16/h6,8,11,15-16,18H,3-5,7,9-10,12H2,1-2H3. The molecule has 1 fully saturated rings. The molecule has 1 saturated heterocycles. The normalized spacial score (nSPS) is 25.8. The number of hydrogen-bond acceptors (Lipinski definition) is 3. The Morgan fingerprint density at radius 2 is 2.20 bits per heavy atom. The van der Waals surface area contributed by atoms with Crippen LogP contribution in [-0.4, -0.2) is 44.2 Å². The molecular formula is C17H26N2O. The molecule has 0 radical (unpaired) electrons. The highest BCUT2D eigenvalue weighted by atomic mass is 16.5. The van der Waals surface area contributed by atoms with E-state index in [1.54, 1.807) is 7.11 Å². The Hall–Kier alpha value is -1.06. The van der Waals surface area contributed by atoms with Gasteiger partial charge in [0.2, 0.25) is 0 Å². The van der Waals surface area contributed by atoms with Gasteiger partial charge in [0.15, 0.2) is 0 Å². The summed E-state index contributed by atoms with van der Waals surface area (Å²) in [5, 5.41) is 3.60. The number of nitrogens with one attached hydrogen (secondary N) is 1. The maximum atomic E-state index is 5.36. The third kappa shape index (κ3) is 2.99. The molecule has 1 N–H and O–H groups in total. The first kappa shape index (κ1) is 13.9. The number of methoxy groups -OCH3 is 1. The van der Waals surface area contributed by atoms with Crippen LogP contribution in [0.25, 0.3) is 0 Å². The third-order valence-electron chi connectivity index (χ3n) is 4.91. The first-order valence-corrected chi connectivity index (χ1v) is 7.85. The summed E-state index contributed by atoms with van der Waals surface area (Å²) >= 11 is 0. The van der Waals surface area contributed by atoms with Gasteiger partial charge in [-0.25, -0.2) is 0 Å². The molecule has 3 nitrogen and oxygen atoms in total. The van der Waals surface area contributed by atoms with Crippen molar-refractivity contribution in [3.8, 4) is 5.75 Å². The summed E-state index contributed by atoms with van der Waals surface area (Å²) in [4.78, 5) is 2.56. The molecule has 1 aromatic carbocycles. The van der Waals surface area contributed by atoms with Crippen LogP contribution in [0.3, 0.4) is 0 Å². The van der Waals surface area contributed by atoms with E-state index in [0.717, 1.165) is 12.2 Å². The summed E-state index contributed by atoms with van der Waals surface area (Å²) in [5.41, 5.74) is 2.99. The van der Waals surface area contributed by atoms with Gasteiger partial charge < -0.3 is 15.0 Å². The maximum Gasteiger partial charge on any atom is 0.119 e. The Morgan fingerprint density at radius 3 is 2.95 bits per heavy atom. The molecule has 3 heteroatoms. The Morgan fingerprint density at radius 1 is 1.30 bits per heavy atom. The maximum absolute atomic E-state index is 5.36. The lowest BCUT2D eigenvalue weighted by molar-refractivity contribution is 0.204. The summed E-state index contributed by atoms with van der Waals surface area (Å²) < 4.78 is 5.36. The number of benzene rings is 1. The molecule has 0 saturated carbocycles. The average Bonchev–Trinajstić information content (AvgIpc) is 2.99. The van der Waals surface area contributed by atoms with Gasteiger partial charge in [0, 0.05) is 18.6 Å². The fourth-order valence-corrected chi connectivity index (χ4v) is 3.63. The molecule has 1 aliphatic carbocycles. The first-order chi connectivity index (χ1) is 9.76. The van der Waals surface area contributed by atoms with Gasteiger partial charge in [0.05, 0.1) is 7.11 Å². The third-order valence-corrected chi connectivity index (χ3v) is 4.91. The molecule has 20 heavy (non-hydrogen) atoms. The molecule has 0 aromatic heterocycles. The van der Waals surface area contributed by atoms with E-state index in [4.69, 9.17) is 4.74 Å². The molecule has 1 aromatic rings. The van der Waals surface area contributed by atoms with Gasteiger partial charge in [-0.3, -0.25) is 0 Å². The van der Waals surface area contributed by atoms with E-state index < -0.39 is 0 Å². The first-order valence-electron chi connectivity index (χ1n) is 7.85. The molecule has 2 atom stereocenters. The highest BCUT2D eigenvalue weighted by molar-refractivity contribution is 5.37. The Labute approximate surface area is 122 Å². The van der Waals surface area contributed by atoms with Crippen molar-refractivity contribution in [1.29, 1.82) is 0 Å². The van der Waals surface area contributed by atoms with Gasteiger partial charge in [-0.1, -0.05) is 6.07 Å².